The zero-order valence-electron chi connectivity index (χ0n) is 11.9. The van der Waals surface area contributed by atoms with Crippen LogP contribution < -0.4 is 5.32 Å². The molecule has 3 nitrogen and oxygen atoms in total. The molecule has 2 aromatic heterocycles. The first-order valence-electron chi connectivity index (χ1n) is 7.48. The number of nitrogens with zero attached hydrogens (tertiary/aromatic N) is 2. The van der Waals surface area contributed by atoms with Crippen molar-refractivity contribution in [1.82, 2.24) is 15.3 Å². The van der Waals surface area contributed by atoms with Crippen molar-refractivity contribution >= 4 is 11.3 Å². The number of thiophene rings is 1. The van der Waals surface area contributed by atoms with Crippen molar-refractivity contribution in [3.8, 4) is 0 Å². The van der Waals surface area contributed by atoms with Crippen LogP contribution in [0.3, 0.4) is 0 Å². The lowest BCUT2D eigenvalue weighted by Crippen LogP contribution is -2.22. The lowest BCUT2D eigenvalue weighted by Gasteiger charge is -2.16. The lowest BCUT2D eigenvalue weighted by molar-refractivity contribution is 0.602. The molecule has 0 spiro atoms. The average molecular weight is 287 g/mol. The molecule has 1 aliphatic carbocycles. The van der Waals surface area contributed by atoms with E-state index < -0.39 is 0 Å². The van der Waals surface area contributed by atoms with E-state index in [0.717, 1.165) is 13.0 Å². The Morgan fingerprint density at radius 1 is 1.25 bits per heavy atom. The van der Waals surface area contributed by atoms with E-state index >= 15 is 0 Å². The molecular weight excluding hydrogens is 266 g/mol. The Hall–Kier alpha value is -1.26. The van der Waals surface area contributed by atoms with Crippen LogP contribution in [0.5, 0.6) is 0 Å². The molecule has 0 bridgehead atoms. The van der Waals surface area contributed by atoms with Crippen LogP contribution in [0.4, 0.5) is 0 Å². The van der Waals surface area contributed by atoms with Gasteiger partial charge in [-0.3, -0.25) is 0 Å². The summed E-state index contributed by atoms with van der Waals surface area (Å²) in [6.07, 6.45) is 11.8. The molecule has 3 rings (SSSR count). The minimum absolute atomic E-state index is 0.242. The quantitative estimate of drug-likeness (QED) is 0.914. The molecule has 0 saturated carbocycles. The minimum Gasteiger partial charge on any atom is -0.306 e. The number of nitrogens with one attached hydrogen (secondary N) is 1. The fraction of sp³-hybridized carbons (Fsp3) is 0.500. The van der Waals surface area contributed by atoms with Crippen molar-refractivity contribution in [2.24, 2.45) is 0 Å². The van der Waals surface area contributed by atoms with Crippen LogP contribution >= 0.6 is 11.3 Å². The van der Waals surface area contributed by atoms with Gasteiger partial charge in [0, 0.05) is 27.7 Å². The molecule has 106 valence electrons. The van der Waals surface area contributed by atoms with E-state index in [1.165, 1.54) is 36.1 Å². The molecule has 2 heterocycles. The van der Waals surface area contributed by atoms with E-state index in [-0.39, 0.29) is 6.04 Å². The molecule has 0 aromatic carbocycles. The summed E-state index contributed by atoms with van der Waals surface area (Å²) >= 11 is 1.97. The zero-order valence-corrected chi connectivity index (χ0v) is 12.7. The first-order chi connectivity index (χ1) is 9.88. The van der Waals surface area contributed by atoms with Crippen LogP contribution in [-0.2, 0) is 12.8 Å². The van der Waals surface area contributed by atoms with E-state index in [1.807, 2.05) is 23.7 Å². The summed E-state index contributed by atoms with van der Waals surface area (Å²) in [5, 5.41) is 3.64. The molecule has 1 aliphatic rings. The summed E-state index contributed by atoms with van der Waals surface area (Å²) in [7, 11) is 0. The fourth-order valence-electron chi connectivity index (χ4n) is 2.79. The second kappa shape index (κ2) is 6.46. The SMILES string of the molecule is CCCNC(c1cncnc1)c1cc2c(s1)CCCC2. The third kappa shape index (κ3) is 2.91. The Kier molecular flexibility index (Phi) is 4.43. The molecule has 1 unspecified atom stereocenters. The summed E-state index contributed by atoms with van der Waals surface area (Å²) in [4.78, 5) is 11.4. The van der Waals surface area contributed by atoms with E-state index in [9.17, 15) is 0 Å². The van der Waals surface area contributed by atoms with E-state index in [1.54, 1.807) is 16.8 Å². The van der Waals surface area contributed by atoms with Gasteiger partial charge in [-0.15, -0.1) is 11.3 Å². The highest BCUT2D eigenvalue weighted by Crippen LogP contribution is 2.35. The monoisotopic (exact) mass is 287 g/mol. The molecule has 0 saturated heterocycles. The van der Waals surface area contributed by atoms with Crippen LogP contribution in [0.15, 0.2) is 24.8 Å². The number of hydrogen-bond donors (Lipinski definition) is 1. The maximum atomic E-state index is 4.17. The Bertz CT molecular complexity index is 527. The van der Waals surface area contributed by atoms with Gasteiger partial charge >= 0.3 is 0 Å². The maximum absolute atomic E-state index is 4.17. The Morgan fingerprint density at radius 2 is 2.05 bits per heavy atom. The highest BCUT2D eigenvalue weighted by Gasteiger charge is 2.20. The molecule has 4 heteroatoms. The van der Waals surface area contributed by atoms with E-state index in [0.29, 0.717) is 0 Å². The molecule has 0 aliphatic heterocycles. The fourth-order valence-corrected chi connectivity index (χ4v) is 4.15. The van der Waals surface area contributed by atoms with Crippen molar-refractivity contribution in [3.63, 3.8) is 0 Å². The Morgan fingerprint density at radius 3 is 2.80 bits per heavy atom. The molecule has 1 atom stereocenters. The van der Waals surface area contributed by atoms with Crippen LogP contribution in [0.2, 0.25) is 0 Å². The van der Waals surface area contributed by atoms with Crippen LogP contribution in [-0.4, -0.2) is 16.5 Å². The molecule has 0 radical (unpaired) electrons. The summed E-state index contributed by atoms with van der Waals surface area (Å²) in [6, 6.07) is 2.64. The Balaban J connectivity index is 1.90. The summed E-state index contributed by atoms with van der Waals surface area (Å²) < 4.78 is 0. The number of rotatable bonds is 5. The number of aromatic nitrogens is 2. The molecular formula is C16H21N3S. The topological polar surface area (TPSA) is 37.8 Å². The largest absolute Gasteiger partial charge is 0.306 e. The summed E-state index contributed by atoms with van der Waals surface area (Å²) in [5.74, 6) is 0. The third-order valence-corrected chi connectivity index (χ3v) is 5.11. The van der Waals surface area contributed by atoms with Gasteiger partial charge in [0.05, 0.1) is 6.04 Å². The van der Waals surface area contributed by atoms with Gasteiger partial charge in [0.25, 0.3) is 0 Å². The van der Waals surface area contributed by atoms with Crippen molar-refractivity contribution < 1.29 is 0 Å². The first-order valence-corrected chi connectivity index (χ1v) is 8.30. The summed E-state index contributed by atoms with van der Waals surface area (Å²) in [6.45, 7) is 3.22. The summed E-state index contributed by atoms with van der Waals surface area (Å²) in [5.41, 5.74) is 2.73. The molecule has 2 aromatic rings. The van der Waals surface area contributed by atoms with Gasteiger partial charge in [-0.05, 0) is 50.3 Å². The van der Waals surface area contributed by atoms with E-state index in [4.69, 9.17) is 0 Å². The van der Waals surface area contributed by atoms with E-state index in [2.05, 4.69) is 28.3 Å². The predicted octanol–water partition coefficient (Wildman–Crippen LogP) is 3.51. The average Bonchev–Trinajstić information content (AvgIpc) is 2.92. The molecule has 0 fully saturated rings. The smallest absolute Gasteiger partial charge is 0.115 e. The van der Waals surface area contributed by atoms with Crippen LogP contribution in [0.25, 0.3) is 0 Å². The maximum Gasteiger partial charge on any atom is 0.115 e. The third-order valence-electron chi connectivity index (χ3n) is 3.81. The van der Waals surface area contributed by atoms with Crippen LogP contribution in [0.1, 0.15) is 53.1 Å². The number of aryl methyl sites for hydroxylation is 2. The highest BCUT2D eigenvalue weighted by molar-refractivity contribution is 7.12. The van der Waals surface area contributed by atoms with Gasteiger partial charge in [-0.25, -0.2) is 9.97 Å². The van der Waals surface area contributed by atoms with Gasteiger partial charge in [-0.2, -0.15) is 0 Å². The van der Waals surface area contributed by atoms with Gasteiger partial charge in [0.1, 0.15) is 6.33 Å². The predicted molar refractivity (Wildman–Crippen MR) is 83.1 cm³/mol. The van der Waals surface area contributed by atoms with Crippen LogP contribution in [0, 0.1) is 0 Å². The molecule has 1 N–H and O–H groups in total. The number of fused-ring (bicyclic) bond motifs is 1. The van der Waals surface area contributed by atoms with Gasteiger partial charge in [-0.1, -0.05) is 6.92 Å². The van der Waals surface area contributed by atoms with Gasteiger partial charge < -0.3 is 5.32 Å². The lowest BCUT2D eigenvalue weighted by atomic mass is 9.98. The van der Waals surface area contributed by atoms with Gasteiger partial charge in [0.15, 0.2) is 0 Å². The van der Waals surface area contributed by atoms with Gasteiger partial charge in [0.2, 0.25) is 0 Å². The zero-order chi connectivity index (χ0) is 13.8. The normalized spacial score (nSPS) is 15.8. The van der Waals surface area contributed by atoms with Crippen molar-refractivity contribution in [2.45, 2.75) is 45.1 Å². The highest BCUT2D eigenvalue weighted by atomic mass is 32.1. The second-order valence-corrected chi connectivity index (χ2v) is 6.53. The van der Waals surface area contributed by atoms with Crippen molar-refractivity contribution in [1.29, 1.82) is 0 Å². The Labute approximate surface area is 124 Å². The molecule has 20 heavy (non-hydrogen) atoms. The second-order valence-electron chi connectivity index (χ2n) is 5.36. The first kappa shape index (κ1) is 13.7. The molecule has 0 amide bonds. The van der Waals surface area contributed by atoms with Crippen molar-refractivity contribution in [3.05, 3.63) is 45.7 Å². The minimum atomic E-state index is 0.242. The van der Waals surface area contributed by atoms with Crippen molar-refractivity contribution in [2.75, 3.05) is 6.54 Å². The number of hydrogen-bond acceptors (Lipinski definition) is 4. The standard InChI is InChI=1S/C16H21N3S/c1-2-7-19-16(13-9-17-11-18-10-13)15-8-12-5-3-4-6-14(12)20-15/h8-11,16,19H,2-7H2,1H3.